The van der Waals surface area contributed by atoms with Crippen molar-refractivity contribution in [3.05, 3.63) is 21.9 Å². The van der Waals surface area contributed by atoms with E-state index >= 15 is 0 Å². The van der Waals surface area contributed by atoms with Crippen LogP contribution in [0.25, 0.3) is 0 Å². The second-order valence-electron chi connectivity index (χ2n) is 4.38. The maximum absolute atomic E-state index is 12.1. The molecular weight excluding hydrogens is 266 g/mol. The van der Waals surface area contributed by atoms with Crippen LogP contribution in [-0.2, 0) is 16.1 Å². The van der Waals surface area contributed by atoms with Crippen LogP contribution < -0.4 is 5.32 Å². The third-order valence-corrected chi connectivity index (χ3v) is 3.97. The van der Waals surface area contributed by atoms with E-state index in [0.29, 0.717) is 17.9 Å². The summed E-state index contributed by atoms with van der Waals surface area (Å²) in [6.45, 7) is 4.05. The standard InChI is InChI=1S/C13H19NO4S/c1-4-8(2)10(13(16)17)14-12(15)11-9(7-18-3)5-6-19-11/h5-6,8,10H,4,7H2,1-3H3,(H,14,15)(H,16,17)/t8-,10-/m0/s1. The molecule has 6 heteroatoms. The highest BCUT2D eigenvalue weighted by molar-refractivity contribution is 7.12. The Balaban J connectivity index is 2.82. The van der Waals surface area contributed by atoms with Crippen molar-refractivity contribution in [2.75, 3.05) is 7.11 Å². The molecule has 0 aromatic carbocycles. The van der Waals surface area contributed by atoms with E-state index in [1.165, 1.54) is 11.3 Å². The van der Waals surface area contributed by atoms with Gasteiger partial charge < -0.3 is 15.2 Å². The van der Waals surface area contributed by atoms with E-state index in [1.807, 2.05) is 19.9 Å². The van der Waals surface area contributed by atoms with E-state index in [-0.39, 0.29) is 11.8 Å². The molecule has 0 spiro atoms. The molecule has 1 amide bonds. The van der Waals surface area contributed by atoms with Crippen molar-refractivity contribution in [1.82, 2.24) is 5.32 Å². The number of amides is 1. The molecule has 1 rings (SSSR count). The highest BCUT2D eigenvalue weighted by Gasteiger charge is 2.26. The molecule has 1 aromatic rings. The molecule has 1 aromatic heterocycles. The van der Waals surface area contributed by atoms with E-state index in [2.05, 4.69) is 5.32 Å². The van der Waals surface area contributed by atoms with Crippen molar-refractivity contribution in [3.63, 3.8) is 0 Å². The topological polar surface area (TPSA) is 75.6 Å². The predicted molar refractivity (Wildman–Crippen MR) is 73.4 cm³/mol. The lowest BCUT2D eigenvalue weighted by atomic mass is 9.99. The lowest BCUT2D eigenvalue weighted by Crippen LogP contribution is -2.45. The summed E-state index contributed by atoms with van der Waals surface area (Å²) in [5.74, 6) is -1.48. The minimum atomic E-state index is -1.01. The minimum absolute atomic E-state index is 0.118. The van der Waals surface area contributed by atoms with Gasteiger partial charge in [0.1, 0.15) is 6.04 Å². The van der Waals surface area contributed by atoms with Crippen LogP contribution in [0.3, 0.4) is 0 Å². The van der Waals surface area contributed by atoms with Gasteiger partial charge in [0.05, 0.1) is 11.5 Å². The lowest BCUT2D eigenvalue weighted by molar-refractivity contribution is -0.140. The van der Waals surface area contributed by atoms with Crippen LogP contribution in [0.2, 0.25) is 0 Å². The van der Waals surface area contributed by atoms with Crippen molar-refractivity contribution < 1.29 is 19.4 Å². The van der Waals surface area contributed by atoms with Gasteiger partial charge >= 0.3 is 5.97 Å². The molecular formula is C13H19NO4S. The first-order valence-electron chi connectivity index (χ1n) is 6.10. The normalized spacial score (nSPS) is 13.8. The molecule has 19 heavy (non-hydrogen) atoms. The number of methoxy groups -OCH3 is 1. The van der Waals surface area contributed by atoms with Crippen molar-refractivity contribution in [2.45, 2.75) is 32.9 Å². The quantitative estimate of drug-likeness (QED) is 0.804. The van der Waals surface area contributed by atoms with E-state index in [1.54, 1.807) is 12.5 Å². The fourth-order valence-corrected chi connectivity index (χ4v) is 2.51. The van der Waals surface area contributed by atoms with Gasteiger partial charge in [0.25, 0.3) is 5.91 Å². The van der Waals surface area contributed by atoms with Gasteiger partial charge in [-0.1, -0.05) is 20.3 Å². The van der Waals surface area contributed by atoms with Gasteiger partial charge in [-0.15, -0.1) is 11.3 Å². The number of rotatable bonds is 7. The van der Waals surface area contributed by atoms with Gasteiger partial charge in [-0.3, -0.25) is 4.79 Å². The van der Waals surface area contributed by atoms with Gasteiger partial charge in [-0.05, 0) is 17.4 Å². The van der Waals surface area contributed by atoms with Crippen LogP contribution in [0.5, 0.6) is 0 Å². The third kappa shape index (κ3) is 4.04. The second kappa shape index (κ2) is 7.25. The van der Waals surface area contributed by atoms with E-state index < -0.39 is 12.0 Å². The highest BCUT2D eigenvalue weighted by atomic mass is 32.1. The summed E-state index contributed by atoms with van der Waals surface area (Å²) in [6, 6.07) is 0.942. The summed E-state index contributed by atoms with van der Waals surface area (Å²) < 4.78 is 5.01. The van der Waals surface area contributed by atoms with Crippen LogP contribution >= 0.6 is 11.3 Å². The summed E-state index contributed by atoms with van der Waals surface area (Å²) in [7, 11) is 1.55. The Kier molecular flexibility index (Phi) is 5.98. The lowest BCUT2D eigenvalue weighted by Gasteiger charge is -2.20. The Hall–Kier alpha value is -1.40. The maximum Gasteiger partial charge on any atom is 0.326 e. The number of nitrogens with one attached hydrogen (secondary N) is 1. The summed E-state index contributed by atoms with van der Waals surface area (Å²) in [5.41, 5.74) is 0.776. The first kappa shape index (κ1) is 15.7. The average molecular weight is 285 g/mol. The van der Waals surface area contributed by atoms with E-state index in [9.17, 15) is 9.59 Å². The number of aliphatic carboxylic acids is 1. The van der Waals surface area contributed by atoms with E-state index in [0.717, 1.165) is 5.56 Å². The Labute approximate surface area is 116 Å². The van der Waals surface area contributed by atoms with Gasteiger partial charge in [0.2, 0.25) is 0 Å². The number of carboxylic acid groups (broad SMARTS) is 1. The van der Waals surface area contributed by atoms with Gasteiger partial charge in [0.15, 0.2) is 0 Å². The van der Waals surface area contributed by atoms with Crippen molar-refractivity contribution in [2.24, 2.45) is 5.92 Å². The summed E-state index contributed by atoms with van der Waals surface area (Å²) in [5, 5.41) is 13.5. The Morgan fingerprint density at radius 3 is 2.74 bits per heavy atom. The predicted octanol–water partition coefficient (Wildman–Crippen LogP) is 2.12. The number of ether oxygens (including phenoxy) is 1. The van der Waals surface area contributed by atoms with Crippen molar-refractivity contribution >= 4 is 23.2 Å². The van der Waals surface area contributed by atoms with Crippen LogP contribution in [-0.4, -0.2) is 30.1 Å². The largest absolute Gasteiger partial charge is 0.480 e. The molecule has 0 radical (unpaired) electrons. The molecule has 1 heterocycles. The second-order valence-corrected chi connectivity index (χ2v) is 5.30. The van der Waals surface area contributed by atoms with Gasteiger partial charge in [-0.25, -0.2) is 4.79 Å². The summed E-state index contributed by atoms with van der Waals surface area (Å²) in [4.78, 5) is 23.8. The molecule has 0 aliphatic heterocycles. The van der Waals surface area contributed by atoms with Gasteiger partial charge in [-0.2, -0.15) is 0 Å². The molecule has 2 N–H and O–H groups in total. The molecule has 0 fully saturated rings. The number of hydrogen-bond donors (Lipinski definition) is 2. The van der Waals surface area contributed by atoms with Crippen molar-refractivity contribution in [1.29, 1.82) is 0 Å². The van der Waals surface area contributed by atoms with Crippen LogP contribution in [0.15, 0.2) is 11.4 Å². The first-order valence-corrected chi connectivity index (χ1v) is 6.98. The van der Waals surface area contributed by atoms with E-state index in [4.69, 9.17) is 9.84 Å². The third-order valence-electron chi connectivity index (χ3n) is 3.02. The smallest absolute Gasteiger partial charge is 0.326 e. The van der Waals surface area contributed by atoms with Crippen LogP contribution in [0.1, 0.15) is 35.5 Å². The molecule has 106 valence electrons. The number of hydrogen-bond acceptors (Lipinski definition) is 4. The highest BCUT2D eigenvalue weighted by Crippen LogP contribution is 2.18. The first-order chi connectivity index (χ1) is 9.01. The molecule has 0 aliphatic rings. The minimum Gasteiger partial charge on any atom is -0.480 e. The molecule has 0 unspecified atom stereocenters. The SMILES string of the molecule is CC[C@H](C)[C@H](NC(=O)c1sccc1COC)C(=O)O. The van der Waals surface area contributed by atoms with Crippen LogP contribution in [0, 0.1) is 5.92 Å². The summed E-state index contributed by atoms with van der Waals surface area (Å²) in [6.07, 6.45) is 0.687. The zero-order chi connectivity index (χ0) is 14.4. The zero-order valence-corrected chi connectivity index (χ0v) is 12.1. The van der Waals surface area contributed by atoms with Crippen molar-refractivity contribution in [3.8, 4) is 0 Å². The fraction of sp³-hybridized carbons (Fsp3) is 0.538. The monoisotopic (exact) mass is 285 g/mol. The molecule has 0 saturated heterocycles. The average Bonchev–Trinajstić information content (AvgIpc) is 2.83. The number of carboxylic acids is 1. The zero-order valence-electron chi connectivity index (χ0n) is 11.3. The molecule has 0 bridgehead atoms. The Bertz CT molecular complexity index is 444. The molecule has 2 atom stereocenters. The maximum atomic E-state index is 12.1. The molecule has 0 saturated carbocycles. The van der Waals surface area contributed by atoms with Gasteiger partial charge in [0, 0.05) is 12.7 Å². The Morgan fingerprint density at radius 2 is 2.21 bits per heavy atom. The summed E-state index contributed by atoms with van der Waals surface area (Å²) >= 11 is 1.29. The number of carbonyl (C=O) groups is 2. The fourth-order valence-electron chi connectivity index (χ4n) is 1.69. The number of carbonyl (C=O) groups excluding carboxylic acids is 1. The Morgan fingerprint density at radius 1 is 1.53 bits per heavy atom. The number of thiophene rings is 1. The molecule has 0 aliphatic carbocycles. The van der Waals surface area contributed by atoms with Crippen LogP contribution in [0.4, 0.5) is 0 Å². The molecule has 5 nitrogen and oxygen atoms in total.